The normalized spacial score (nSPS) is 11.4. The quantitative estimate of drug-likeness (QED) is 0.444. The highest BCUT2D eigenvalue weighted by atomic mass is 32.2. The van der Waals surface area contributed by atoms with Crippen molar-refractivity contribution < 1.29 is 8.42 Å². The second-order valence-electron chi connectivity index (χ2n) is 7.18. The van der Waals surface area contributed by atoms with Gasteiger partial charge in [0, 0.05) is 36.4 Å². The van der Waals surface area contributed by atoms with Crippen LogP contribution in [0.5, 0.6) is 0 Å². The highest BCUT2D eigenvalue weighted by Crippen LogP contribution is 2.32. The maximum atomic E-state index is 11.3. The summed E-state index contributed by atoms with van der Waals surface area (Å²) in [5.41, 5.74) is 5.68. The van der Waals surface area contributed by atoms with Gasteiger partial charge in [-0.15, -0.1) is 0 Å². The summed E-state index contributed by atoms with van der Waals surface area (Å²) in [6.45, 7) is 0.827. The average molecular weight is 434 g/mol. The molecule has 0 fully saturated rings. The van der Waals surface area contributed by atoms with Crippen LogP contribution in [0.15, 0.2) is 85.3 Å². The molecule has 0 unspecified atom stereocenters. The Bertz CT molecular complexity index is 1260. The zero-order valence-electron chi connectivity index (χ0n) is 16.8. The van der Waals surface area contributed by atoms with E-state index >= 15 is 0 Å². The Morgan fingerprint density at radius 3 is 2.55 bits per heavy atom. The maximum Gasteiger partial charge on any atom is 0.210 e. The first kappa shape index (κ1) is 20.8. The van der Waals surface area contributed by atoms with E-state index in [-0.39, 0.29) is 12.3 Å². The first-order valence-electron chi connectivity index (χ1n) is 9.84. The van der Waals surface area contributed by atoms with Gasteiger partial charge in [0.15, 0.2) is 0 Å². The molecule has 2 heterocycles. The molecule has 4 rings (SSSR count). The van der Waals surface area contributed by atoms with Gasteiger partial charge in [-0.3, -0.25) is 9.67 Å². The molecule has 4 aromatic rings. The second-order valence-corrected chi connectivity index (χ2v) is 8.91. The summed E-state index contributed by atoms with van der Waals surface area (Å²) in [7, 11) is -3.54. The molecule has 0 aliphatic heterocycles. The lowest BCUT2D eigenvalue weighted by Gasteiger charge is -2.13. The summed E-state index contributed by atoms with van der Waals surface area (Å²) in [4.78, 5) is 4.15. The zero-order chi connectivity index (χ0) is 21.7. The Balaban J connectivity index is 1.66. The van der Waals surface area contributed by atoms with Crippen molar-refractivity contribution in [3.63, 3.8) is 0 Å². The van der Waals surface area contributed by atoms with Gasteiger partial charge in [0.25, 0.3) is 0 Å². The largest absolute Gasteiger partial charge is 0.383 e. The summed E-state index contributed by atoms with van der Waals surface area (Å²) in [5.74, 6) is -0.150. The van der Waals surface area contributed by atoms with Crippen molar-refractivity contribution in [1.82, 2.24) is 14.8 Å². The van der Waals surface area contributed by atoms with Crippen molar-refractivity contribution in [1.29, 1.82) is 0 Å². The molecule has 0 radical (unpaired) electrons. The molecule has 0 atom stereocenters. The molecule has 0 aliphatic carbocycles. The van der Waals surface area contributed by atoms with E-state index in [1.807, 2.05) is 77.7 Å². The third-order valence-electron chi connectivity index (χ3n) is 4.81. The van der Waals surface area contributed by atoms with Crippen LogP contribution in [0.4, 0.5) is 5.69 Å². The molecule has 7 nitrogen and oxygen atoms in total. The zero-order valence-corrected chi connectivity index (χ0v) is 17.7. The molecule has 2 aromatic heterocycles. The van der Waals surface area contributed by atoms with Crippen LogP contribution in [-0.4, -0.2) is 35.5 Å². The highest BCUT2D eigenvalue weighted by molar-refractivity contribution is 7.89. The summed E-state index contributed by atoms with van der Waals surface area (Å²) >= 11 is 0. The van der Waals surface area contributed by atoms with Crippen LogP contribution in [0.25, 0.3) is 22.4 Å². The number of sulfonamides is 1. The van der Waals surface area contributed by atoms with Gasteiger partial charge in [-0.2, -0.15) is 5.10 Å². The van der Waals surface area contributed by atoms with Crippen LogP contribution >= 0.6 is 0 Å². The molecule has 0 saturated heterocycles. The molecule has 0 saturated carbocycles. The minimum Gasteiger partial charge on any atom is -0.383 e. The topological polar surface area (TPSA) is 103 Å². The Labute approximate surface area is 181 Å². The molecule has 0 spiro atoms. The molecule has 31 heavy (non-hydrogen) atoms. The van der Waals surface area contributed by atoms with E-state index in [0.29, 0.717) is 6.54 Å². The number of rotatable bonds is 8. The van der Waals surface area contributed by atoms with E-state index in [4.69, 9.17) is 10.2 Å². The first-order chi connectivity index (χ1) is 15.0. The molecule has 158 valence electrons. The number of primary sulfonamides is 1. The van der Waals surface area contributed by atoms with Crippen LogP contribution in [0.3, 0.4) is 0 Å². The smallest absolute Gasteiger partial charge is 0.210 e. The van der Waals surface area contributed by atoms with Gasteiger partial charge >= 0.3 is 0 Å². The van der Waals surface area contributed by atoms with Gasteiger partial charge in [0.1, 0.15) is 0 Å². The molecule has 0 bridgehead atoms. The fourth-order valence-corrected chi connectivity index (χ4v) is 3.71. The highest BCUT2D eigenvalue weighted by Gasteiger charge is 2.12. The Morgan fingerprint density at radius 1 is 0.968 bits per heavy atom. The SMILES string of the molecule is NS(=O)(=O)CCNc1ccc(-c2ccccc2)cc1-c1ccn(Cc2cccnc2)n1. The number of nitrogens with one attached hydrogen (secondary N) is 1. The number of nitrogens with zero attached hydrogens (tertiary/aromatic N) is 3. The fraction of sp³-hybridized carbons (Fsp3) is 0.130. The van der Waals surface area contributed by atoms with Gasteiger partial charge in [0.2, 0.25) is 10.0 Å². The molecule has 0 aliphatic rings. The van der Waals surface area contributed by atoms with Crippen molar-refractivity contribution in [2.75, 3.05) is 17.6 Å². The van der Waals surface area contributed by atoms with Crippen molar-refractivity contribution in [3.8, 4) is 22.4 Å². The Kier molecular flexibility index (Phi) is 6.11. The summed E-state index contributed by atoms with van der Waals surface area (Å²) in [6, 6.07) is 21.9. The van der Waals surface area contributed by atoms with Gasteiger partial charge in [0.05, 0.1) is 18.0 Å². The molecular formula is C23H23N5O2S. The van der Waals surface area contributed by atoms with Gasteiger partial charge < -0.3 is 5.32 Å². The Hall–Kier alpha value is -3.49. The van der Waals surface area contributed by atoms with Crippen LogP contribution in [0, 0.1) is 0 Å². The number of nitrogens with two attached hydrogens (primary N) is 1. The lowest BCUT2D eigenvalue weighted by atomic mass is 10.00. The Morgan fingerprint density at radius 2 is 1.81 bits per heavy atom. The maximum absolute atomic E-state index is 11.3. The van der Waals surface area contributed by atoms with Crippen LogP contribution in [0.1, 0.15) is 5.56 Å². The van der Waals surface area contributed by atoms with Crippen molar-refractivity contribution in [2.45, 2.75) is 6.54 Å². The van der Waals surface area contributed by atoms with Gasteiger partial charge in [-0.1, -0.05) is 42.5 Å². The van der Waals surface area contributed by atoms with Crippen molar-refractivity contribution >= 4 is 15.7 Å². The molecule has 3 N–H and O–H groups in total. The fourth-order valence-electron chi connectivity index (χ4n) is 3.32. The second kappa shape index (κ2) is 9.11. The van der Waals surface area contributed by atoms with Crippen molar-refractivity contribution in [2.24, 2.45) is 5.14 Å². The van der Waals surface area contributed by atoms with Crippen LogP contribution in [0.2, 0.25) is 0 Å². The predicted octanol–water partition coefficient (Wildman–Crippen LogP) is 3.36. The lowest BCUT2D eigenvalue weighted by Crippen LogP contribution is -2.22. The molecule has 0 amide bonds. The van der Waals surface area contributed by atoms with Crippen LogP contribution in [-0.2, 0) is 16.6 Å². The monoisotopic (exact) mass is 433 g/mol. The number of aromatic nitrogens is 3. The number of benzene rings is 2. The summed E-state index contributed by atoms with van der Waals surface area (Å²) < 4.78 is 24.5. The lowest BCUT2D eigenvalue weighted by molar-refractivity contribution is 0.598. The van der Waals surface area contributed by atoms with Crippen molar-refractivity contribution in [3.05, 3.63) is 90.9 Å². The van der Waals surface area contributed by atoms with E-state index < -0.39 is 10.0 Å². The third kappa shape index (κ3) is 5.56. The molecule has 2 aromatic carbocycles. The molecular weight excluding hydrogens is 410 g/mol. The predicted molar refractivity (Wildman–Crippen MR) is 123 cm³/mol. The van der Waals surface area contributed by atoms with E-state index in [2.05, 4.69) is 16.4 Å². The average Bonchev–Trinajstić information content (AvgIpc) is 3.23. The van der Waals surface area contributed by atoms with Crippen LogP contribution < -0.4 is 10.5 Å². The third-order valence-corrected chi connectivity index (χ3v) is 5.59. The number of hydrogen-bond acceptors (Lipinski definition) is 5. The van der Waals surface area contributed by atoms with E-state index in [1.54, 1.807) is 6.20 Å². The number of anilines is 1. The van der Waals surface area contributed by atoms with E-state index in [1.165, 1.54) is 0 Å². The summed E-state index contributed by atoms with van der Waals surface area (Å²) in [5, 5.41) is 13.1. The first-order valence-corrected chi connectivity index (χ1v) is 11.6. The minimum absolute atomic E-state index is 0.150. The van der Waals surface area contributed by atoms with Gasteiger partial charge in [-0.05, 0) is 41.0 Å². The number of pyridine rings is 1. The van der Waals surface area contributed by atoms with Gasteiger partial charge in [-0.25, -0.2) is 13.6 Å². The minimum atomic E-state index is -3.54. The molecule has 8 heteroatoms. The summed E-state index contributed by atoms with van der Waals surface area (Å²) in [6.07, 6.45) is 5.48. The standard InChI is InChI=1S/C23H23N5O2S/c24-31(29,30)14-12-26-22-9-8-20(19-6-2-1-3-7-19)15-21(22)23-10-13-28(27-23)17-18-5-4-11-25-16-18/h1-11,13,15-16,26H,12,14,17H2,(H2,24,29,30). The van der Waals surface area contributed by atoms with E-state index in [9.17, 15) is 8.42 Å². The number of hydrogen-bond donors (Lipinski definition) is 2. The van der Waals surface area contributed by atoms with E-state index in [0.717, 1.165) is 33.6 Å².